The molecule has 0 bridgehead atoms. The molecule has 0 aliphatic carbocycles. The monoisotopic (exact) mass is 269 g/mol. The van der Waals surface area contributed by atoms with Gasteiger partial charge in [-0.05, 0) is 19.8 Å². The SMILES string of the molecule is C=C(/C=C\C)CCC(=O)NC(CCC(=O)O)C(=O)O. The number of allylic oxidation sites excluding steroid dienone is 3. The van der Waals surface area contributed by atoms with Gasteiger partial charge in [0.1, 0.15) is 6.04 Å². The number of hydrogen-bond donors (Lipinski definition) is 3. The van der Waals surface area contributed by atoms with E-state index in [1.807, 2.05) is 6.92 Å². The van der Waals surface area contributed by atoms with Crippen LogP contribution in [0.3, 0.4) is 0 Å². The fourth-order valence-electron chi connectivity index (χ4n) is 1.38. The molecule has 0 fully saturated rings. The van der Waals surface area contributed by atoms with Gasteiger partial charge in [-0.25, -0.2) is 4.79 Å². The Labute approximate surface area is 111 Å². The van der Waals surface area contributed by atoms with Crippen molar-refractivity contribution in [3.63, 3.8) is 0 Å². The fraction of sp³-hybridized carbons (Fsp3) is 0.462. The Morgan fingerprint density at radius 3 is 2.32 bits per heavy atom. The lowest BCUT2D eigenvalue weighted by Gasteiger charge is -2.13. The first-order valence-corrected chi connectivity index (χ1v) is 5.91. The van der Waals surface area contributed by atoms with Crippen molar-refractivity contribution in [1.29, 1.82) is 0 Å². The van der Waals surface area contributed by atoms with E-state index in [1.165, 1.54) is 0 Å². The summed E-state index contributed by atoms with van der Waals surface area (Å²) in [6.45, 7) is 5.56. The molecular formula is C13H19NO5. The molecule has 1 unspecified atom stereocenters. The van der Waals surface area contributed by atoms with Crippen LogP contribution in [0.25, 0.3) is 0 Å². The Morgan fingerprint density at radius 2 is 1.84 bits per heavy atom. The molecule has 0 aromatic carbocycles. The quantitative estimate of drug-likeness (QED) is 0.548. The van der Waals surface area contributed by atoms with Crippen LogP contribution >= 0.6 is 0 Å². The molecule has 0 radical (unpaired) electrons. The fourth-order valence-corrected chi connectivity index (χ4v) is 1.38. The summed E-state index contributed by atoms with van der Waals surface area (Å²) in [4.78, 5) is 32.8. The molecule has 0 aliphatic rings. The summed E-state index contributed by atoms with van der Waals surface area (Å²) in [7, 11) is 0. The maximum atomic E-state index is 11.5. The summed E-state index contributed by atoms with van der Waals surface area (Å²) >= 11 is 0. The number of carbonyl (C=O) groups is 3. The first-order valence-electron chi connectivity index (χ1n) is 5.91. The van der Waals surface area contributed by atoms with Crippen LogP contribution in [0.4, 0.5) is 0 Å². The first-order chi connectivity index (χ1) is 8.86. The van der Waals surface area contributed by atoms with Crippen LogP contribution < -0.4 is 5.32 Å². The summed E-state index contributed by atoms with van der Waals surface area (Å²) in [5.41, 5.74) is 0.773. The number of rotatable bonds is 9. The highest BCUT2D eigenvalue weighted by atomic mass is 16.4. The van der Waals surface area contributed by atoms with E-state index in [2.05, 4.69) is 11.9 Å². The molecule has 0 spiro atoms. The van der Waals surface area contributed by atoms with Crippen LogP contribution in [0.1, 0.15) is 32.6 Å². The molecular weight excluding hydrogens is 250 g/mol. The smallest absolute Gasteiger partial charge is 0.326 e. The number of amides is 1. The largest absolute Gasteiger partial charge is 0.481 e. The van der Waals surface area contributed by atoms with Gasteiger partial charge in [0.05, 0.1) is 0 Å². The van der Waals surface area contributed by atoms with Crippen molar-refractivity contribution in [3.8, 4) is 0 Å². The molecule has 6 heteroatoms. The maximum absolute atomic E-state index is 11.5. The third-order valence-electron chi connectivity index (χ3n) is 2.36. The molecule has 1 atom stereocenters. The Kier molecular flexibility index (Phi) is 7.92. The summed E-state index contributed by atoms with van der Waals surface area (Å²) in [6.07, 6.45) is 3.69. The van der Waals surface area contributed by atoms with E-state index in [-0.39, 0.29) is 19.3 Å². The van der Waals surface area contributed by atoms with Crippen molar-refractivity contribution in [2.24, 2.45) is 0 Å². The molecule has 19 heavy (non-hydrogen) atoms. The minimum atomic E-state index is -1.23. The second-order valence-corrected chi connectivity index (χ2v) is 4.05. The molecule has 106 valence electrons. The van der Waals surface area contributed by atoms with Crippen molar-refractivity contribution in [2.45, 2.75) is 38.6 Å². The molecule has 0 heterocycles. The second kappa shape index (κ2) is 8.91. The van der Waals surface area contributed by atoms with Crippen molar-refractivity contribution >= 4 is 17.8 Å². The zero-order chi connectivity index (χ0) is 14.8. The summed E-state index contributed by atoms with van der Waals surface area (Å²) in [5.74, 6) is -2.76. The number of aliphatic carboxylic acids is 2. The molecule has 0 aliphatic heterocycles. The average Bonchev–Trinajstić information content (AvgIpc) is 2.31. The van der Waals surface area contributed by atoms with Gasteiger partial charge in [0.2, 0.25) is 5.91 Å². The number of carboxylic acid groups (broad SMARTS) is 2. The van der Waals surface area contributed by atoms with Gasteiger partial charge in [0.15, 0.2) is 0 Å². The average molecular weight is 269 g/mol. The van der Waals surface area contributed by atoms with Gasteiger partial charge < -0.3 is 15.5 Å². The van der Waals surface area contributed by atoms with Crippen LogP contribution in [0.2, 0.25) is 0 Å². The zero-order valence-electron chi connectivity index (χ0n) is 10.9. The van der Waals surface area contributed by atoms with Crippen molar-refractivity contribution < 1.29 is 24.6 Å². The van der Waals surface area contributed by atoms with Crippen LogP contribution in [-0.4, -0.2) is 34.1 Å². The lowest BCUT2D eigenvalue weighted by atomic mass is 10.1. The standard InChI is InChI=1S/C13H19NO5/c1-3-4-9(2)5-7-11(15)14-10(13(18)19)6-8-12(16)17/h3-4,10H,2,5-8H2,1H3,(H,14,15)(H,16,17)(H,18,19)/b4-3-. The van der Waals surface area contributed by atoms with E-state index < -0.39 is 23.9 Å². The Hall–Kier alpha value is -2.11. The van der Waals surface area contributed by atoms with E-state index in [9.17, 15) is 14.4 Å². The van der Waals surface area contributed by atoms with Gasteiger partial charge in [0, 0.05) is 12.8 Å². The van der Waals surface area contributed by atoms with Gasteiger partial charge >= 0.3 is 11.9 Å². The Bertz CT molecular complexity index is 386. The number of carboxylic acids is 2. The van der Waals surface area contributed by atoms with Crippen molar-refractivity contribution in [3.05, 3.63) is 24.3 Å². The number of hydrogen-bond acceptors (Lipinski definition) is 3. The highest BCUT2D eigenvalue weighted by molar-refractivity contribution is 5.84. The van der Waals surface area contributed by atoms with E-state index in [4.69, 9.17) is 10.2 Å². The topological polar surface area (TPSA) is 104 Å². The molecule has 0 rings (SSSR count). The zero-order valence-corrected chi connectivity index (χ0v) is 10.9. The highest BCUT2D eigenvalue weighted by Crippen LogP contribution is 2.05. The predicted octanol–water partition coefficient (Wildman–Crippen LogP) is 1.33. The van der Waals surface area contributed by atoms with Crippen LogP contribution in [-0.2, 0) is 14.4 Å². The van der Waals surface area contributed by atoms with E-state index in [1.54, 1.807) is 12.2 Å². The highest BCUT2D eigenvalue weighted by Gasteiger charge is 2.20. The van der Waals surface area contributed by atoms with Gasteiger partial charge in [-0.1, -0.05) is 24.3 Å². The van der Waals surface area contributed by atoms with E-state index >= 15 is 0 Å². The van der Waals surface area contributed by atoms with E-state index in [0.717, 1.165) is 5.57 Å². The molecule has 0 aromatic heterocycles. The minimum Gasteiger partial charge on any atom is -0.481 e. The Morgan fingerprint density at radius 1 is 1.21 bits per heavy atom. The molecule has 0 saturated carbocycles. The lowest BCUT2D eigenvalue weighted by Crippen LogP contribution is -2.41. The van der Waals surface area contributed by atoms with Crippen molar-refractivity contribution in [1.82, 2.24) is 5.32 Å². The normalized spacial score (nSPS) is 12.1. The second-order valence-electron chi connectivity index (χ2n) is 4.05. The summed E-state index contributed by atoms with van der Waals surface area (Å²) in [5, 5.41) is 19.7. The molecule has 6 nitrogen and oxygen atoms in total. The molecule has 0 aromatic rings. The predicted molar refractivity (Wildman–Crippen MR) is 69.6 cm³/mol. The number of nitrogens with one attached hydrogen (secondary N) is 1. The third kappa shape index (κ3) is 8.59. The first kappa shape index (κ1) is 16.9. The number of carbonyl (C=O) groups excluding carboxylic acids is 1. The molecule has 3 N–H and O–H groups in total. The van der Waals surface area contributed by atoms with Crippen LogP contribution in [0, 0.1) is 0 Å². The third-order valence-corrected chi connectivity index (χ3v) is 2.36. The minimum absolute atomic E-state index is 0.125. The van der Waals surface area contributed by atoms with Gasteiger partial charge in [-0.3, -0.25) is 9.59 Å². The summed E-state index contributed by atoms with van der Waals surface area (Å²) in [6, 6.07) is -1.17. The van der Waals surface area contributed by atoms with Gasteiger partial charge in [-0.2, -0.15) is 0 Å². The van der Waals surface area contributed by atoms with Crippen molar-refractivity contribution in [2.75, 3.05) is 0 Å². The summed E-state index contributed by atoms with van der Waals surface area (Å²) < 4.78 is 0. The molecule has 1 amide bonds. The van der Waals surface area contributed by atoms with Crippen LogP contribution in [0.15, 0.2) is 24.3 Å². The van der Waals surface area contributed by atoms with Gasteiger partial charge in [-0.15, -0.1) is 0 Å². The lowest BCUT2D eigenvalue weighted by molar-refractivity contribution is -0.143. The van der Waals surface area contributed by atoms with E-state index in [0.29, 0.717) is 6.42 Å². The van der Waals surface area contributed by atoms with Crippen LogP contribution in [0.5, 0.6) is 0 Å². The maximum Gasteiger partial charge on any atom is 0.326 e. The Balaban J connectivity index is 4.20. The molecule has 0 saturated heterocycles. The van der Waals surface area contributed by atoms with Gasteiger partial charge in [0.25, 0.3) is 0 Å².